The molecule has 0 fully saturated rings. The molecule has 0 aliphatic heterocycles. The highest BCUT2D eigenvalue weighted by molar-refractivity contribution is 7.85. The number of ether oxygens (including phenoxy) is 1. The normalized spacial score (nSPS) is 16.5. The fraction of sp³-hybridized carbons (Fsp3) is 0.750. The second-order valence-electron chi connectivity index (χ2n) is 5.00. The number of rotatable bonds is 8. The zero-order chi connectivity index (χ0) is 15.2. The van der Waals surface area contributed by atoms with Crippen molar-refractivity contribution in [2.45, 2.75) is 39.3 Å². The van der Waals surface area contributed by atoms with Crippen LogP contribution in [0.4, 0.5) is 0 Å². The SMILES string of the molecule is C=C(C)C(=O)OC(C)C[NH+](C)C(C)CCS(=O)(=O)[O-]. The highest BCUT2D eigenvalue weighted by atomic mass is 32.2. The van der Waals surface area contributed by atoms with Crippen LogP contribution in [0.15, 0.2) is 12.2 Å². The van der Waals surface area contributed by atoms with Gasteiger partial charge in [-0.05, 0) is 20.8 Å². The Kier molecular flexibility index (Phi) is 7.25. The van der Waals surface area contributed by atoms with Gasteiger partial charge < -0.3 is 14.2 Å². The van der Waals surface area contributed by atoms with Crippen LogP contribution >= 0.6 is 0 Å². The van der Waals surface area contributed by atoms with Crippen LogP contribution in [0.25, 0.3) is 0 Å². The van der Waals surface area contributed by atoms with Crippen molar-refractivity contribution in [1.29, 1.82) is 0 Å². The number of carbonyl (C=O) groups is 1. The molecule has 0 saturated carbocycles. The number of likely N-dealkylation sites (N-methyl/N-ethyl adjacent to an activating group) is 1. The van der Waals surface area contributed by atoms with E-state index in [0.717, 1.165) is 4.90 Å². The van der Waals surface area contributed by atoms with Crippen LogP contribution in [0.1, 0.15) is 27.2 Å². The van der Waals surface area contributed by atoms with E-state index in [4.69, 9.17) is 4.74 Å². The van der Waals surface area contributed by atoms with Gasteiger partial charge in [0.15, 0.2) is 0 Å². The lowest BCUT2D eigenvalue weighted by Gasteiger charge is -2.25. The molecule has 0 bridgehead atoms. The molecular weight excluding hydrogens is 270 g/mol. The maximum Gasteiger partial charge on any atom is 0.333 e. The van der Waals surface area contributed by atoms with Crippen molar-refractivity contribution in [1.82, 2.24) is 0 Å². The highest BCUT2D eigenvalue weighted by Gasteiger charge is 2.19. The predicted molar refractivity (Wildman–Crippen MR) is 70.8 cm³/mol. The lowest BCUT2D eigenvalue weighted by atomic mass is 10.2. The first-order valence-corrected chi connectivity index (χ1v) is 7.73. The van der Waals surface area contributed by atoms with E-state index in [1.54, 1.807) is 13.8 Å². The number of esters is 1. The van der Waals surface area contributed by atoms with E-state index in [9.17, 15) is 17.8 Å². The third kappa shape index (κ3) is 8.74. The first-order chi connectivity index (χ1) is 8.53. The second kappa shape index (κ2) is 7.62. The van der Waals surface area contributed by atoms with Crippen LogP contribution in [-0.2, 0) is 19.6 Å². The van der Waals surface area contributed by atoms with Crippen LogP contribution in [0.3, 0.4) is 0 Å². The summed E-state index contributed by atoms with van der Waals surface area (Å²) in [5.74, 6) is -0.805. The number of hydrogen-bond donors (Lipinski definition) is 1. The molecule has 0 amide bonds. The van der Waals surface area contributed by atoms with E-state index in [2.05, 4.69) is 6.58 Å². The molecule has 0 spiro atoms. The summed E-state index contributed by atoms with van der Waals surface area (Å²) in [5.41, 5.74) is 0.343. The number of hydrogen-bond acceptors (Lipinski definition) is 5. The van der Waals surface area contributed by atoms with E-state index >= 15 is 0 Å². The van der Waals surface area contributed by atoms with Gasteiger partial charge in [-0.15, -0.1) is 0 Å². The number of quaternary nitrogens is 1. The smallest absolute Gasteiger partial charge is 0.333 e. The zero-order valence-corrected chi connectivity index (χ0v) is 12.7. The van der Waals surface area contributed by atoms with E-state index in [1.165, 1.54) is 0 Å². The third-order valence-electron chi connectivity index (χ3n) is 2.91. The summed E-state index contributed by atoms with van der Waals surface area (Å²) in [7, 11) is -2.30. The molecule has 7 heteroatoms. The van der Waals surface area contributed by atoms with Crippen LogP contribution < -0.4 is 4.90 Å². The van der Waals surface area contributed by atoms with Gasteiger partial charge in [0.25, 0.3) is 0 Å². The minimum Gasteiger partial charge on any atom is -0.748 e. The topological polar surface area (TPSA) is 87.9 Å². The fourth-order valence-corrected chi connectivity index (χ4v) is 2.19. The van der Waals surface area contributed by atoms with Gasteiger partial charge in [-0.3, -0.25) is 0 Å². The molecule has 1 N–H and O–H groups in total. The van der Waals surface area contributed by atoms with Gasteiger partial charge >= 0.3 is 5.97 Å². The Labute approximate surface area is 115 Å². The van der Waals surface area contributed by atoms with Crippen molar-refractivity contribution < 1.29 is 27.4 Å². The monoisotopic (exact) mass is 293 g/mol. The summed E-state index contributed by atoms with van der Waals surface area (Å²) >= 11 is 0. The first-order valence-electron chi connectivity index (χ1n) is 6.15. The van der Waals surface area contributed by atoms with E-state index in [0.29, 0.717) is 18.5 Å². The lowest BCUT2D eigenvalue weighted by molar-refractivity contribution is -0.906. The molecule has 3 atom stereocenters. The molecule has 0 heterocycles. The molecule has 6 nitrogen and oxygen atoms in total. The van der Waals surface area contributed by atoms with Gasteiger partial charge in [-0.1, -0.05) is 6.58 Å². The van der Waals surface area contributed by atoms with Crippen LogP contribution in [0.5, 0.6) is 0 Å². The van der Waals surface area contributed by atoms with Gasteiger partial charge in [-0.2, -0.15) is 0 Å². The Bertz CT molecular complexity index is 418. The maximum absolute atomic E-state index is 11.3. The molecule has 112 valence electrons. The first kappa shape index (κ1) is 18.1. The zero-order valence-electron chi connectivity index (χ0n) is 11.9. The Morgan fingerprint density at radius 2 is 1.95 bits per heavy atom. The molecule has 0 aliphatic rings. The second-order valence-corrected chi connectivity index (χ2v) is 6.52. The average molecular weight is 293 g/mol. The molecule has 0 rings (SSSR count). The Morgan fingerprint density at radius 1 is 1.42 bits per heavy atom. The average Bonchev–Trinajstić information content (AvgIpc) is 2.24. The molecule has 0 saturated heterocycles. The molecule has 19 heavy (non-hydrogen) atoms. The minimum absolute atomic E-state index is 0.00490. The standard InChI is InChI=1S/C12H23NO5S/c1-9(2)12(14)18-11(4)8-13(5)10(3)6-7-19(15,16)17/h10-11H,1,6-8H2,2-5H3,(H,15,16,17). The fourth-order valence-electron chi connectivity index (χ4n) is 1.55. The van der Waals surface area contributed by atoms with Crippen LogP contribution in [0, 0.1) is 0 Å². The quantitative estimate of drug-likeness (QED) is 0.364. The Morgan fingerprint density at radius 3 is 2.37 bits per heavy atom. The van der Waals surface area contributed by atoms with Gasteiger partial charge in [0.05, 0.1) is 23.2 Å². The molecule has 0 aliphatic carbocycles. The summed E-state index contributed by atoms with van der Waals surface area (Å²) in [6.45, 7) is 9.23. The van der Waals surface area contributed by atoms with Crippen molar-refractivity contribution in [3.05, 3.63) is 12.2 Å². The van der Waals surface area contributed by atoms with Crippen molar-refractivity contribution in [3.8, 4) is 0 Å². The van der Waals surface area contributed by atoms with E-state index in [-0.39, 0.29) is 17.9 Å². The summed E-state index contributed by atoms with van der Waals surface area (Å²) in [5, 5.41) is 0. The predicted octanol–water partition coefficient (Wildman–Crippen LogP) is -0.667. The molecule has 0 aromatic rings. The molecule has 0 radical (unpaired) electrons. The van der Waals surface area contributed by atoms with E-state index in [1.807, 2.05) is 14.0 Å². The van der Waals surface area contributed by atoms with Crippen molar-refractivity contribution in [2.75, 3.05) is 19.3 Å². The summed E-state index contributed by atoms with van der Waals surface area (Å²) in [6.07, 6.45) is -0.00533. The summed E-state index contributed by atoms with van der Waals surface area (Å²) in [6, 6.07) is -0.00490. The van der Waals surface area contributed by atoms with Crippen molar-refractivity contribution >= 4 is 16.1 Å². The van der Waals surface area contributed by atoms with Crippen LogP contribution in [-0.4, -0.2) is 50.4 Å². The Hall–Kier alpha value is -0.920. The summed E-state index contributed by atoms with van der Waals surface area (Å²) in [4.78, 5) is 12.3. The van der Waals surface area contributed by atoms with Gasteiger partial charge in [0, 0.05) is 17.7 Å². The molecule has 3 unspecified atom stereocenters. The van der Waals surface area contributed by atoms with Crippen molar-refractivity contribution in [3.63, 3.8) is 0 Å². The molecular formula is C12H23NO5S. The van der Waals surface area contributed by atoms with Gasteiger partial charge in [0.2, 0.25) is 0 Å². The number of nitrogens with one attached hydrogen (secondary N) is 1. The highest BCUT2D eigenvalue weighted by Crippen LogP contribution is 1.97. The van der Waals surface area contributed by atoms with Gasteiger partial charge in [0.1, 0.15) is 12.6 Å². The largest absolute Gasteiger partial charge is 0.748 e. The minimum atomic E-state index is -4.17. The van der Waals surface area contributed by atoms with E-state index < -0.39 is 16.1 Å². The van der Waals surface area contributed by atoms with Gasteiger partial charge in [-0.25, -0.2) is 13.2 Å². The summed E-state index contributed by atoms with van der Waals surface area (Å²) < 4.78 is 36.8. The maximum atomic E-state index is 11.3. The third-order valence-corrected chi connectivity index (χ3v) is 3.64. The Balaban J connectivity index is 4.17. The van der Waals surface area contributed by atoms with Crippen molar-refractivity contribution in [2.24, 2.45) is 0 Å². The molecule has 0 aromatic heterocycles. The lowest BCUT2D eigenvalue weighted by Crippen LogP contribution is -3.13. The molecule has 0 aromatic carbocycles. The number of carbonyl (C=O) groups excluding carboxylic acids is 1. The van der Waals surface area contributed by atoms with Crippen LogP contribution in [0.2, 0.25) is 0 Å².